The first-order chi connectivity index (χ1) is 8.91. The molecule has 102 valence electrons. The number of rotatable bonds is 3. The molecule has 19 heavy (non-hydrogen) atoms. The number of hydrogen-bond acceptors (Lipinski definition) is 3. The number of nitrogens with two attached hydrogens (primary N) is 1. The van der Waals surface area contributed by atoms with Gasteiger partial charge in [-0.2, -0.15) is 0 Å². The van der Waals surface area contributed by atoms with Crippen LogP contribution in [0.2, 0.25) is 0 Å². The van der Waals surface area contributed by atoms with Crippen LogP contribution >= 0.6 is 0 Å². The molecule has 1 aromatic carbocycles. The van der Waals surface area contributed by atoms with Gasteiger partial charge in [0.15, 0.2) is 0 Å². The van der Waals surface area contributed by atoms with Crippen molar-refractivity contribution in [1.29, 1.82) is 0 Å². The first kappa shape index (κ1) is 12.5. The Labute approximate surface area is 113 Å². The van der Waals surface area contributed by atoms with Crippen molar-refractivity contribution in [3.63, 3.8) is 0 Å². The van der Waals surface area contributed by atoms with Crippen LogP contribution in [0, 0.1) is 5.92 Å². The van der Waals surface area contributed by atoms with Crippen LogP contribution in [0.1, 0.15) is 45.5 Å². The summed E-state index contributed by atoms with van der Waals surface area (Å²) < 4.78 is 2.20. The van der Waals surface area contributed by atoms with Crippen molar-refractivity contribution >= 4 is 16.7 Å². The molecule has 0 radical (unpaired) electrons. The van der Waals surface area contributed by atoms with Crippen molar-refractivity contribution < 1.29 is 5.11 Å². The highest BCUT2D eigenvalue weighted by atomic mass is 16.3. The van der Waals surface area contributed by atoms with Gasteiger partial charge in [-0.3, -0.25) is 0 Å². The summed E-state index contributed by atoms with van der Waals surface area (Å²) in [6.45, 7) is 6.23. The molecule has 0 aliphatic heterocycles. The van der Waals surface area contributed by atoms with Gasteiger partial charge in [-0.05, 0) is 57.7 Å². The molecule has 0 spiro atoms. The fourth-order valence-corrected chi connectivity index (χ4v) is 2.97. The van der Waals surface area contributed by atoms with E-state index in [0.717, 1.165) is 16.9 Å². The molecule has 1 aromatic heterocycles. The van der Waals surface area contributed by atoms with Gasteiger partial charge in [-0.25, -0.2) is 4.98 Å². The van der Waals surface area contributed by atoms with Crippen molar-refractivity contribution in [1.82, 2.24) is 9.55 Å². The van der Waals surface area contributed by atoms with Crippen molar-refractivity contribution in [2.75, 3.05) is 5.73 Å². The second-order valence-electron chi connectivity index (χ2n) is 6.16. The number of nitrogen functional groups attached to an aromatic ring is 1. The Bertz CT molecular complexity index is 624. The Balaban J connectivity index is 2.27. The van der Waals surface area contributed by atoms with Crippen LogP contribution < -0.4 is 5.73 Å². The second-order valence-corrected chi connectivity index (χ2v) is 6.16. The molecule has 3 N–H and O–H groups in total. The number of aliphatic hydroxyl groups is 1. The van der Waals surface area contributed by atoms with E-state index in [1.54, 1.807) is 6.92 Å². The fourth-order valence-electron chi connectivity index (χ4n) is 2.97. The Morgan fingerprint density at radius 3 is 2.68 bits per heavy atom. The number of fused-ring (bicyclic) bond motifs is 1. The zero-order chi connectivity index (χ0) is 13.8. The summed E-state index contributed by atoms with van der Waals surface area (Å²) in [5.74, 6) is 1.40. The highest BCUT2D eigenvalue weighted by Crippen LogP contribution is 2.46. The number of benzene rings is 1. The fraction of sp³-hybridized carbons (Fsp3) is 0.533. The monoisotopic (exact) mass is 259 g/mol. The van der Waals surface area contributed by atoms with Crippen LogP contribution in [0.4, 0.5) is 5.69 Å². The molecule has 1 saturated carbocycles. The lowest BCUT2D eigenvalue weighted by Gasteiger charge is -2.30. The quantitative estimate of drug-likeness (QED) is 0.833. The number of imidazole rings is 1. The van der Waals surface area contributed by atoms with E-state index in [1.165, 1.54) is 12.8 Å². The zero-order valence-corrected chi connectivity index (χ0v) is 11.7. The molecule has 0 amide bonds. The predicted molar refractivity (Wildman–Crippen MR) is 76.8 cm³/mol. The summed E-state index contributed by atoms with van der Waals surface area (Å²) in [7, 11) is 0. The molecule has 2 aromatic rings. The minimum atomic E-state index is -0.577. The van der Waals surface area contributed by atoms with Gasteiger partial charge in [0, 0.05) is 11.2 Å². The van der Waals surface area contributed by atoms with E-state index in [2.05, 4.69) is 23.4 Å². The van der Waals surface area contributed by atoms with Gasteiger partial charge < -0.3 is 15.4 Å². The Morgan fingerprint density at radius 1 is 1.42 bits per heavy atom. The topological polar surface area (TPSA) is 64.1 Å². The van der Waals surface area contributed by atoms with E-state index in [-0.39, 0.29) is 5.54 Å². The largest absolute Gasteiger partial charge is 0.399 e. The molecule has 1 atom stereocenters. The predicted octanol–water partition coefficient (Wildman–Crippen LogP) is 2.82. The van der Waals surface area contributed by atoms with Crippen LogP contribution in [-0.4, -0.2) is 14.7 Å². The van der Waals surface area contributed by atoms with E-state index in [4.69, 9.17) is 5.73 Å². The second kappa shape index (κ2) is 3.97. The van der Waals surface area contributed by atoms with Crippen molar-refractivity contribution in [3.05, 3.63) is 24.0 Å². The molecule has 4 nitrogen and oxygen atoms in total. The zero-order valence-electron chi connectivity index (χ0n) is 11.7. The lowest BCUT2D eigenvalue weighted by Crippen LogP contribution is -2.31. The summed E-state index contributed by atoms with van der Waals surface area (Å²) >= 11 is 0. The summed E-state index contributed by atoms with van der Waals surface area (Å²) in [6, 6.07) is 5.78. The van der Waals surface area contributed by atoms with Crippen molar-refractivity contribution in [3.8, 4) is 0 Å². The molecule has 1 fully saturated rings. The third-order valence-electron chi connectivity index (χ3n) is 4.23. The highest BCUT2D eigenvalue weighted by molar-refractivity contribution is 5.80. The number of hydrogen-bond donors (Lipinski definition) is 2. The summed E-state index contributed by atoms with van der Waals surface area (Å²) in [6.07, 6.45) is 1.92. The van der Waals surface area contributed by atoms with Gasteiger partial charge in [-0.15, -0.1) is 0 Å². The molecule has 0 saturated heterocycles. The third kappa shape index (κ3) is 1.91. The van der Waals surface area contributed by atoms with Gasteiger partial charge in [0.1, 0.15) is 11.9 Å². The van der Waals surface area contributed by atoms with Crippen LogP contribution in [0.25, 0.3) is 11.0 Å². The van der Waals surface area contributed by atoms with Crippen LogP contribution in [-0.2, 0) is 5.54 Å². The number of nitrogens with zero attached hydrogens (tertiary/aromatic N) is 2. The Hall–Kier alpha value is -1.55. The average Bonchev–Trinajstić information content (AvgIpc) is 3.10. The molecule has 4 heteroatoms. The third-order valence-corrected chi connectivity index (χ3v) is 4.23. The maximum absolute atomic E-state index is 10.0. The summed E-state index contributed by atoms with van der Waals surface area (Å²) in [5, 5.41) is 10.0. The highest BCUT2D eigenvalue weighted by Gasteiger charge is 2.41. The maximum atomic E-state index is 10.0. The summed E-state index contributed by atoms with van der Waals surface area (Å²) in [4.78, 5) is 4.58. The smallest absolute Gasteiger partial charge is 0.139 e. The van der Waals surface area contributed by atoms with Crippen molar-refractivity contribution in [2.24, 2.45) is 5.92 Å². The summed E-state index contributed by atoms with van der Waals surface area (Å²) in [5.41, 5.74) is 8.44. The molecule has 1 heterocycles. The molecule has 1 aliphatic carbocycles. The van der Waals surface area contributed by atoms with Gasteiger partial charge in [0.25, 0.3) is 0 Å². The minimum Gasteiger partial charge on any atom is -0.399 e. The van der Waals surface area contributed by atoms with Crippen LogP contribution in [0.3, 0.4) is 0 Å². The average molecular weight is 259 g/mol. The lowest BCUT2D eigenvalue weighted by molar-refractivity contribution is 0.169. The molecule has 3 rings (SSSR count). The van der Waals surface area contributed by atoms with E-state index in [0.29, 0.717) is 11.6 Å². The van der Waals surface area contributed by atoms with Gasteiger partial charge in [0.2, 0.25) is 0 Å². The first-order valence-corrected chi connectivity index (χ1v) is 6.87. The van der Waals surface area contributed by atoms with Gasteiger partial charge in [-0.1, -0.05) is 0 Å². The van der Waals surface area contributed by atoms with E-state index < -0.39 is 6.10 Å². The van der Waals surface area contributed by atoms with E-state index in [1.807, 2.05) is 18.2 Å². The van der Waals surface area contributed by atoms with Crippen LogP contribution in [0.15, 0.2) is 18.2 Å². The minimum absolute atomic E-state index is 0.0167. The Morgan fingerprint density at radius 2 is 2.11 bits per heavy atom. The molecule has 0 bridgehead atoms. The van der Waals surface area contributed by atoms with Crippen molar-refractivity contribution in [2.45, 2.75) is 45.3 Å². The van der Waals surface area contributed by atoms with E-state index in [9.17, 15) is 5.11 Å². The normalized spacial score (nSPS) is 17.9. The maximum Gasteiger partial charge on any atom is 0.139 e. The van der Waals surface area contributed by atoms with Crippen LogP contribution in [0.5, 0.6) is 0 Å². The lowest BCUT2D eigenvalue weighted by atomic mass is 9.97. The SMILES string of the molecule is CC(O)c1nc2cc(N)ccc2n1C(C)(C)C1CC1. The van der Waals surface area contributed by atoms with Gasteiger partial charge in [0.05, 0.1) is 11.0 Å². The molecular weight excluding hydrogens is 238 g/mol. The standard InChI is InChI=1S/C15H21N3O/c1-9(19)14-17-12-8-11(16)6-7-13(12)18(14)15(2,3)10-4-5-10/h6-10,19H,4-5,16H2,1-3H3. The number of aromatic nitrogens is 2. The Kier molecular flexibility index (Phi) is 2.61. The first-order valence-electron chi connectivity index (χ1n) is 6.87. The van der Waals surface area contributed by atoms with Gasteiger partial charge >= 0.3 is 0 Å². The molecular formula is C15H21N3O. The number of aliphatic hydroxyl groups excluding tert-OH is 1. The molecule has 1 aliphatic rings. The number of anilines is 1. The van der Waals surface area contributed by atoms with E-state index >= 15 is 0 Å². The molecule has 1 unspecified atom stereocenters.